The van der Waals surface area contributed by atoms with Crippen molar-refractivity contribution in [2.24, 2.45) is 0 Å². The number of rotatable bonds is 5. The minimum atomic E-state index is -0.685. The molecule has 1 heterocycles. The second-order valence-electron chi connectivity index (χ2n) is 4.95. The van der Waals surface area contributed by atoms with Crippen molar-refractivity contribution in [2.45, 2.75) is 10.3 Å². The summed E-state index contributed by atoms with van der Waals surface area (Å²) in [5.41, 5.74) is -0.0102. The maximum Gasteiger partial charge on any atom is 0.342 e. The number of benzene rings is 2. The zero-order valence-electron chi connectivity index (χ0n) is 12.4. The Hall–Kier alpha value is -2.93. The van der Waals surface area contributed by atoms with Gasteiger partial charge in [0.2, 0.25) is 0 Å². The van der Waals surface area contributed by atoms with Gasteiger partial charge in [0.15, 0.2) is 10.8 Å². The van der Waals surface area contributed by atoms with Crippen LogP contribution in [0.2, 0.25) is 0 Å². The molecule has 3 rings (SSSR count). The molecular formula is C17H13N3O3S. The van der Waals surface area contributed by atoms with Crippen molar-refractivity contribution in [3.05, 3.63) is 92.6 Å². The lowest BCUT2D eigenvalue weighted by atomic mass is 10.0. The number of Topliss-reactive ketones (excluding diaryl/α,β-unsaturated/α-hetero) is 1. The number of hydrogen-bond donors (Lipinski definition) is 2. The van der Waals surface area contributed by atoms with Crippen LogP contribution in [0.5, 0.6) is 0 Å². The molecule has 0 saturated heterocycles. The molecule has 6 nitrogen and oxygen atoms in total. The number of ketones is 1. The summed E-state index contributed by atoms with van der Waals surface area (Å²) in [6.45, 7) is 0. The van der Waals surface area contributed by atoms with Crippen molar-refractivity contribution in [1.82, 2.24) is 15.2 Å². The van der Waals surface area contributed by atoms with Crippen molar-refractivity contribution in [3.63, 3.8) is 0 Å². The summed E-state index contributed by atoms with van der Waals surface area (Å²) >= 11 is 1.01. The van der Waals surface area contributed by atoms with Crippen LogP contribution in [0.4, 0.5) is 0 Å². The smallest absolute Gasteiger partial charge is 0.293 e. The van der Waals surface area contributed by atoms with Gasteiger partial charge in [-0.25, -0.2) is 9.89 Å². The van der Waals surface area contributed by atoms with Gasteiger partial charge in [-0.3, -0.25) is 14.6 Å². The van der Waals surface area contributed by atoms with E-state index in [9.17, 15) is 14.4 Å². The van der Waals surface area contributed by atoms with Gasteiger partial charge in [-0.2, -0.15) is 5.10 Å². The van der Waals surface area contributed by atoms with Crippen LogP contribution < -0.4 is 11.2 Å². The van der Waals surface area contributed by atoms with Crippen molar-refractivity contribution < 1.29 is 4.79 Å². The number of hydrogen-bond acceptors (Lipinski definition) is 5. The Balaban J connectivity index is 2.01. The number of aromatic nitrogens is 3. The fourth-order valence-electron chi connectivity index (χ4n) is 2.18. The third-order valence-electron chi connectivity index (χ3n) is 3.31. The van der Waals surface area contributed by atoms with E-state index < -0.39 is 16.5 Å². The minimum Gasteiger partial charge on any atom is -0.293 e. The topological polar surface area (TPSA) is 95.7 Å². The monoisotopic (exact) mass is 339 g/mol. The number of aromatic amines is 2. The number of thioether (sulfide) groups is 1. The molecule has 24 heavy (non-hydrogen) atoms. The van der Waals surface area contributed by atoms with Crippen LogP contribution >= 0.6 is 11.8 Å². The molecule has 1 aromatic heterocycles. The molecule has 0 bridgehead atoms. The highest BCUT2D eigenvalue weighted by Gasteiger charge is 2.25. The van der Waals surface area contributed by atoms with Crippen molar-refractivity contribution in [3.8, 4) is 0 Å². The number of carbonyl (C=O) groups excluding carboxylic acids is 1. The van der Waals surface area contributed by atoms with Crippen LogP contribution in [0, 0.1) is 0 Å². The highest BCUT2D eigenvalue weighted by atomic mass is 32.2. The van der Waals surface area contributed by atoms with Crippen LogP contribution in [-0.2, 0) is 0 Å². The zero-order chi connectivity index (χ0) is 16.9. The maximum atomic E-state index is 12.9. The lowest BCUT2D eigenvalue weighted by Crippen LogP contribution is -2.25. The molecule has 0 radical (unpaired) electrons. The molecule has 0 saturated carbocycles. The van der Waals surface area contributed by atoms with E-state index in [0.717, 1.165) is 17.3 Å². The Labute approximate surface area is 141 Å². The van der Waals surface area contributed by atoms with Gasteiger partial charge in [-0.15, -0.1) is 0 Å². The van der Waals surface area contributed by atoms with Crippen molar-refractivity contribution >= 4 is 17.5 Å². The number of nitrogens with one attached hydrogen (secondary N) is 2. The summed E-state index contributed by atoms with van der Waals surface area (Å²) in [7, 11) is 0. The highest BCUT2D eigenvalue weighted by molar-refractivity contribution is 8.00. The van der Waals surface area contributed by atoms with Crippen molar-refractivity contribution in [1.29, 1.82) is 0 Å². The SMILES string of the molecule is O=C(c1ccccc1)[C@@H](Sc1n[nH]c(=O)[nH]c1=O)c1ccccc1. The lowest BCUT2D eigenvalue weighted by Gasteiger charge is -2.15. The second-order valence-corrected chi connectivity index (χ2v) is 6.04. The summed E-state index contributed by atoms with van der Waals surface area (Å²) in [5.74, 6) is -0.140. The molecule has 0 amide bonds. The van der Waals surface area contributed by atoms with Gasteiger partial charge in [0.1, 0.15) is 0 Å². The summed E-state index contributed by atoms with van der Waals surface area (Å²) in [6, 6.07) is 18.0. The average molecular weight is 339 g/mol. The zero-order valence-corrected chi connectivity index (χ0v) is 13.2. The first-order valence-corrected chi connectivity index (χ1v) is 8.03. The predicted molar refractivity (Wildman–Crippen MR) is 91.3 cm³/mol. The quantitative estimate of drug-likeness (QED) is 0.549. The standard InChI is InChI=1S/C17H13N3O3S/c21-13(11-7-3-1-4-8-11)14(12-9-5-2-6-10-12)24-16-15(22)18-17(23)20-19-16/h1-10,14H,(H2,18,20,22,23)/t14-/m0/s1. The number of H-pyrrole nitrogens is 2. The summed E-state index contributed by atoms with van der Waals surface area (Å²) in [4.78, 5) is 38.0. The van der Waals surface area contributed by atoms with E-state index in [1.165, 1.54) is 0 Å². The van der Waals surface area contributed by atoms with E-state index in [1.54, 1.807) is 24.3 Å². The first kappa shape index (κ1) is 15.9. The second kappa shape index (κ2) is 7.10. The van der Waals surface area contributed by atoms with Gasteiger partial charge >= 0.3 is 5.69 Å². The predicted octanol–water partition coefficient (Wildman–Crippen LogP) is 2.17. The van der Waals surface area contributed by atoms with Crippen LogP contribution in [0.15, 0.2) is 75.3 Å². The molecule has 1 atom stereocenters. The molecule has 7 heteroatoms. The maximum absolute atomic E-state index is 12.9. The van der Waals surface area contributed by atoms with Gasteiger partial charge in [0.25, 0.3) is 5.56 Å². The molecule has 120 valence electrons. The van der Waals surface area contributed by atoms with Gasteiger partial charge in [-0.05, 0) is 5.56 Å². The molecule has 0 unspecified atom stereocenters. The Kier molecular flexibility index (Phi) is 4.72. The normalized spacial score (nSPS) is 11.8. The Morgan fingerprint density at radius 1 is 0.958 bits per heavy atom. The van der Waals surface area contributed by atoms with Crippen LogP contribution in [-0.4, -0.2) is 21.0 Å². The number of carbonyl (C=O) groups is 1. The largest absolute Gasteiger partial charge is 0.342 e. The lowest BCUT2D eigenvalue weighted by molar-refractivity contribution is 0.0989. The first-order valence-electron chi connectivity index (χ1n) is 7.15. The van der Waals surface area contributed by atoms with E-state index in [4.69, 9.17) is 0 Å². The average Bonchev–Trinajstić information content (AvgIpc) is 2.62. The van der Waals surface area contributed by atoms with E-state index in [0.29, 0.717) is 5.56 Å². The van der Waals surface area contributed by atoms with Crippen molar-refractivity contribution in [2.75, 3.05) is 0 Å². The molecule has 0 aliphatic carbocycles. The first-order chi connectivity index (χ1) is 11.6. The fraction of sp³-hybridized carbons (Fsp3) is 0.0588. The van der Waals surface area contributed by atoms with E-state index in [2.05, 4.69) is 15.2 Å². The Morgan fingerprint density at radius 3 is 2.21 bits per heavy atom. The molecule has 0 fully saturated rings. The molecule has 2 N–H and O–H groups in total. The summed E-state index contributed by atoms with van der Waals surface area (Å²) in [6.07, 6.45) is 0. The van der Waals surface area contributed by atoms with E-state index >= 15 is 0 Å². The molecule has 2 aromatic carbocycles. The number of nitrogens with zero attached hydrogens (tertiary/aromatic N) is 1. The van der Waals surface area contributed by atoms with Gasteiger partial charge < -0.3 is 0 Å². The van der Waals surface area contributed by atoms with Gasteiger partial charge in [0, 0.05) is 5.56 Å². The molecule has 0 spiro atoms. The van der Waals surface area contributed by atoms with Gasteiger partial charge in [-0.1, -0.05) is 72.4 Å². The summed E-state index contributed by atoms with van der Waals surface area (Å²) < 4.78 is 0. The molecule has 0 aliphatic heterocycles. The fourth-order valence-corrected chi connectivity index (χ4v) is 3.20. The molecule has 0 aliphatic rings. The Bertz CT molecular complexity index is 952. The molecular weight excluding hydrogens is 326 g/mol. The third kappa shape index (κ3) is 3.52. The van der Waals surface area contributed by atoms with Gasteiger partial charge in [0.05, 0.1) is 5.25 Å². The minimum absolute atomic E-state index is 0.0349. The molecule has 3 aromatic rings. The highest BCUT2D eigenvalue weighted by Crippen LogP contribution is 2.35. The van der Waals surface area contributed by atoms with Crippen LogP contribution in [0.25, 0.3) is 0 Å². The Morgan fingerprint density at radius 2 is 1.58 bits per heavy atom. The van der Waals surface area contributed by atoms with E-state index in [1.807, 2.05) is 36.4 Å². The van der Waals surface area contributed by atoms with Crippen LogP contribution in [0.3, 0.4) is 0 Å². The van der Waals surface area contributed by atoms with Crippen LogP contribution in [0.1, 0.15) is 21.2 Å². The van der Waals surface area contributed by atoms with E-state index in [-0.39, 0.29) is 10.8 Å². The third-order valence-corrected chi connectivity index (χ3v) is 4.53. The summed E-state index contributed by atoms with van der Waals surface area (Å²) in [5, 5.41) is 5.32.